The lowest BCUT2D eigenvalue weighted by molar-refractivity contribution is -0.124. The molecule has 1 aliphatic carbocycles. The van der Waals surface area contributed by atoms with Crippen LogP contribution in [0.15, 0.2) is 60.7 Å². The number of ketones is 1. The summed E-state index contributed by atoms with van der Waals surface area (Å²) in [6, 6.07) is 17.0. The first-order valence-corrected chi connectivity index (χ1v) is 13.8. The molecule has 2 heterocycles. The van der Waals surface area contributed by atoms with Gasteiger partial charge in [-0.05, 0) is 60.4 Å². The van der Waals surface area contributed by atoms with E-state index in [9.17, 15) is 9.59 Å². The molecule has 4 aromatic rings. The summed E-state index contributed by atoms with van der Waals surface area (Å²) in [6.45, 7) is 2.90. The molecule has 0 bridgehead atoms. The van der Waals surface area contributed by atoms with Gasteiger partial charge in [0.25, 0.3) is 5.91 Å². The molecule has 202 valence electrons. The Balaban J connectivity index is 1.43. The van der Waals surface area contributed by atoms with E-state index < -0.39 is 17.4 Å². The Labute approximate surface area is 235 Å². The smallest absolute Gasteiger partial charge is 0.262 e. The number of ether oxygens (including phenoxy) is 1. The highest BCUT2D eigenvalue weighted by Gasteiger charge is 2.49. The number of carbonyl (C=O) groups is 2. The molecule has 3 unspecified atom stereocenters. The van der Waals surface area contributed by atoms with E-state index in [1.165, 1.54) is 11.3 Å². The van der Waals surface area contributed by atoms with Crippen molar-refractivity contribution in [2.75, 3.05) is 18.8 Å². The lowest BCUT2D eigenvalue weighted by Gasteiger charge is -2.37. The van der Waals surface area contributed by atoms with Crippen molar-refractivity contribution in [1.29, 1.82) is 5.26 Å². The van der Waals surface area contributed by atoms with Crippen LogP contribution >= 0.6 is 11.3 Å². The van der Waals surface area contributed by atoms with Gasteiger partial charge in [0, 0.05) is 35.8 Å². The van der Waals surface area contributed by atoms with Gasteiger partial charge >= 0.3 is 0 Å². The lowest BCUT2D eigenvalue weighted by atomic mass is 9.69. The summed E-state index contributed by atoms with van der Waals surface area (Å²) in [5.41, 5.74) is 21.3. The summed E-state index contributed by atoms with van der Waals surface area (Å²) < 4.78 is 6.65. The average molecular weight is 553 g/mol. The molecule has 9 nitrogen and oxygen atoms in total. The third kappa shape index (κ3) is 3.98. The quantitative estimate of drug-likeness (QED) is 0.216. The number of aryl methyl sites for hydroxylation is 1. The molecule has 0 saturated carbocycles. The second kappa shape index (κ2) is 9.64. The Morgan fingerprint density at radius 3 is 2.60 bits per heavy atom. The third-order valence-electron chi connectivity index (χ3n) is 7.79. The largest absolute Gasteiger partial charge is 0.457 e. The van der Waals surface area contributed by atoms with Crippen molar-refractivity contribution < 1.29 is 14.3 Å². The molecular weight excluding hydrogens is 524 g/mol. The van der Waals surface area contributed by atoms with Gasteiger partial charge in [0.1, 0.15) is 17.0 Å². The van der Waals surface area contributed by atoms with Crippen LogP contribution in [0.25, 0.3) is 10.1 Å². The van der Waals surface area contributed by atoms with Crippen molar-refractivity contribution >= 4 is 38.8 Å². The zero-order valence-corrected chi connectivity index (χ0v) is 22.6. The van der Waals surface area contributed by atoms with Crippen LogP contribution < -0.4 is 27.3 Å². The highest BCUT2D eigenvalue weighted by atomic mass is 32.1. The summed E-state index contributed by atoms with van der Waals surface area (Å²) in [5, 5.41) is 12.8. The van der Waals surface area contributed by atoms with E-state index >= 15 is 0 Å². The molecule has 0 spiro atoms. The van der Waals surface area contributed by atoms with Gasteiger partial charge in [0.2, 0.25) is 0 Å². The zero-order valence-electron chi connectivity index (χ0n) is 21.8. The fraction of sp³-hybridized carbons (Fsp3) is 0.233. The van der Waals surface area contributed by atoms with Crippen molar-refractivity contribution in [3.63, 3.8) is 0 Å². The number of hydrogen-bond donors (Lipinski definition) is 4. The Kier molecular flexibility index (Phi) is 6.22. The molecule has 6 rings (SSSR count). The van der Waals surface area contributed by atoms with Crippen LogP contribution in [-0.2, 0) is 10.3 Å². The molecule has 1 aromatic heterocycles. The van der Waals surface area contributed by atoms with Crippen LogP contribution in [-0.4, -0.2) is 35.7 Å². The number of nitrogen functional groups attached to an aromatic ring is 1. The number of likely N-dealkylation sites (tertiary alicyclic amines) is 1. The van der Waals surface area contributed by atoms with Gasteiger partial charge in [-0.15, -0.1) is 11.3 Å². The van der Waals surface area contributed by atoms with Crippen LogP contribution in [0, 0.1) is 18.4 Å². The van der Waals surface area contributed by atoms with E-state index in [2.05, 4.69) is 11.5 Å². The van der Waals surface area contributed by atoms with Crippen LogP contribution in [0.2, 0.25) is 0 Å². The number of Topliss-reactive ketones (excluding diaryl/α,β-unsaturated/α-hetero) is 1. The summed E-state index contributed by atoms with van der Waals surface area (Å²) in [6.07, 6.45) is 2.77. The van der Waals surface area contributed by atoms with E-state index in [1.807, 2.05) is 43.3 Å². The number of nitrogens with zero attached hydrogens (tertiary/aromatic N) is 2. The molecule has 3 atom stereocenters. The number of nitrogens with two attached hydrogens (primary N) is 3. The van der Waals surface area contributed by atoms with Gasteiger partial charge in [0.05, 0.1) is 15.6 Å². The van der Waals surface area contributed by atoms with Gasteiger partial charge < -0.3 is 32.2 Å². The Hall–Kier alpha value is -4.43. The zero-order chi connectivity index (χ0) is 28.2. The first-order chi connectivity index (χ1) is 19.2. The van der Waals surface area contributed by atoms with E-state index in [-0.39, 0.29) is 11.9 Å². The fourth-order valence-electron chi connectivity index (χ4n) is 5.81. The molecule has 3 aromatic carbocycles. The molecule has 1 amide bonds. The fourth-order valence-corrected chi connectivity index (χ4v) is 7.02. The molecule has 0 radical (unpaired) electrons. The number of amides is 1. The molecule has 10 heteroatoms. The Bertz CT molecular complexity index is 1710. The molecule has 40 heavy (non-hydrogen) atoms. The third-order valence-corrected chi connectivity index (χ3v) is 9.04. The van der Waals surface area contributed by atoms with Gasteiger partial charge in [-0.2, -0.15) is 5.26 Å². The van der Waals surface area contributed by atoms with Crippen molar-refractivity contribution in [2.45, 2.75) is 31.0 Å². The highest BCUT2D eigenvalue weighted by molar-refractivity contribution is 7.21. The molecule has 1 aliphatic heterocycles. The number of nitrogens with one attached hydrogen (secondary N) is 1. The molecule has 1 saturated heterocycles. The van der Waals surface area contributed by atoms with Crippen molar-refractivity contribution in [3.05, 3.63) is 87.8 Å². The first kappa shape index (κ1) is 25.8. The summed E-state index contributed by atoms with van der Waals surface area (Å²) in [5.74, 6) is 0.565. The van der Waals surface area contributed by atoms with Crippen LogP contribution in [0.3, 0.4) is 0 Å². The number of hydrogen-bond acceptors (Lipinski definition) is 9. The minimum atomic E-state index is -1.55. The molecule has 2 aliphatic rings. The maximum absolute atomic E-state index is 14.1. The predicted molar refractivity (Wildman–Crippen MR) is 154 cm³/mol. The number of nitriles is 1. The highest BCUT2D eigenvalue weighted by Crippen LogP contribution is 2.50. The van der Waals surface area contributed by atoms with Gasteiger partial charge in [-0.3, -0.25) is 9.59 Å². The predicted octanol–water partition coefficient (Wildman–Crippen LogP) is 3.65. The second-order valence-corrected chi connectivity index (χ2v) is 11.3. The number of rotatable bonds is 5. The normalized spacial score (nSPS) is 21.9. The second-order valence-electron chi connectivity index (χ2n) is 10.3. The van der Waals surface area contributed by atoms with Crippen LogP contribution in [0.4, 0.5) is 5.69 Å². The van der Waals surface area contributed by atoms with E-state index in [0.29, 0.717) is 68.4 Å². The van der Waals surface area contributed by atoms with E-state index in [4.69, 9.17) is 27.2 Å². The number of anilines is 1. The maximum atomic E-state index is 14.1. The van der Waals surface area contributed by atoms with Gasteiger partial charge in [0.15, 0.2) is 12.0 Å². The van der Waals surface area contributed by atoms with Crippen LogP contribution in [0.1, 0.15) is 44.4 Å². The summed E-state index contributed by atoms with van der Waals surface area (Å²) in [7, 11) is 0. The Morgan fingerprint density at radius 2 is 1.90 bits per heavy atom. The van der Waals surface area contributed by atoms with Gasteiger partial charge in [-0.1, -0.05) is 30.3 Å². The topological polar surface area (TPSA) is 160 Å². The summed E-state index contributed by atoms with van der Waals surface area (Å²) >= 11 is 1.21. The number of para-hydroxylation sites is 1. The van der Waals surface area contributed by atoms with Crippen LogP contribution in [0.5, 0.6) is 11.5 Å². The number of thiophene rings is 1. The van der Waals surface area contributed by atoms with Crippen molar-refractivity contribution in [3.8, 4) is 17.7 Å². The molecule has 1 fully saturated rings. The SMILES string of the molecule is Cc1cc(Oc2ccccc2)ccc1C1(N)C(=O)C(N)c2c(C(=O)NC3CCN(C#N)C3)sc3c(N)ccc1c23. The minimum absolute atomic E-state index is 0.176. The van der Waals surface area contributed by atoms with E-state index in [0.717, 1.165) is 5.56 Å². The number of carbonyl (C=O) groups excluding carboxylic acids is 2. The van der Waals surface area contributed by atoms with Gasteiger partial charge in [-0.25, -0.2) is 0 Å². The van der Waals surface area contributed by atoms with Crippen molar-refractivity contribution in [1.82, 2.24) is 10.2 Å². The monoisotopic (exact) mass is 552 g/mol. The minimum Gasteiger partial charge on any atom is -0.457 e. The Morgan fingerprint density at radius 1 is 1.15 bits per heavy atom. The summed E-state index contributed by atoms with van der Waals surface area (Å²) in [4.78, 5) is 29.5. The maximum Gasteiger partial charge on any atom is 0.262 e. The van der Waals surface area contributed by atoms with Crippen molar-refractivity contribution in [2.24, 2.45) is 11.5 Å². The van der Waals surface area contributed by atoms with E-state index in [1.54, 1.807) is 29.2 Å². The lowest BCUT2D eigenvalue weighted by Crippen LogP contribution is -2.53. The molecular formula is C30H28N6O3S. The first-order valence-electron chi connectivity index (χ1n) is 13.0. The molecule has 7 N–H and O–H groups in total. The number of benzene rings is 3. The standard InChI is InChI=1S/C30H28N6O3S/c1-16-13-19(39-18-5-3-2-4-6-18)7-8-20(16)30(34)21-9-10-22(32)26-23(21)24(25(33)28(30)37)27(40-26)29(38)35-17-11-12-36(14-17)15-31/h2-10,13,17,25H,11-12,14,32-34H2,1H3,(H,35,38). The average Bonchev–Trinajstić information content (AvgIpc) is 3.57.